The van der Waals surface area contributed by atoms with Crippen molar-refractivity contribution in [2.45, 2.75) is 44.7 Å². The second kappa shape index (κ2) is 9.39. The van der Waals surface area contributed by atoms with Gasteiger partial charge in [-0.2, -0.15) is 13.2 Å². The molecule has 0 fully saturated rings. The normalized spacial score (nSPS) is 16.1. The molecular weight excluding hydrogens is 401 g/mol. The van der Waals surface area contributed by atoms with Crippen molar-refractivity contribution in [1.82, 2.24) is 0 Å². The molecule has 0 heterocycles. The van der Waals surface area contributed by atoms with Crippen molar-refractivity contribution >= 4 is 17.6 Å². The third kappa shape index (κ3) is 6.56. The first kappa shape index (κ1) is 26.6. The quantitative estimate of drug-likeness (QED) is 0.326. The topological polar surface area (TPSA) is 187 Å². The summed E-state index contributed by atoms with van der Waals surface area (Å²) in [5, 5.41) is 42.0. The number of anilines is 1. The molecule has 0 spiro atoms. The van der Waals surface area contributed by atoms with Crippen molar-refractivity contribution in [3.8, 4) is 0 Å². The van der Waals surface area contributed by atoms with Gasteiger partial charge in [0.15, 0.2) is 12.2 Å². The molecule has 0 aliphatic heterocycles. The van der Waals surface area contributed by atoms with Crippen molar-refractivity contribution in [3.05, 3.63) is 29.3 Å². The zero-order valence-electron chi connectivity index (χ0n) is 15.9. The van der Waals surface area contributed by atoms with E-state index in [0.717, 1.165) is 6.07 Å². The second-order valence-electron chi connectivity index (χ2n) is 7.25. The summed E-state index contributed by atoms with van der Waals surface area (Å²) >= 11 is 0. The lowest BCUT2D eigenvalue weighted by Crippen LogP contribution is -2.51. The fourth-order valence-corrected chi connectivity index (χ4v) is 2.11. The maximum Gasteiger partial charge on any atom is 0.418 e. The molecule has 0 aliphatic carbocycles. The smallest absolute Gasteiger partial charge is 0.418 e. The summed E-state index contributed by atoms with van der Waals surface area (Å²) in [5.74, 6) is -3.54. The Morgan fingerprint density at radius 3 is 1.72 bits per heavy atom. The molecule has 0 saturated carbocycles. The van der Waals surface area contributed by atoms with Crippen molar-refractivity contribution in [3.63, 3.8) is 0 Å². The Balaban J connectivity index is 0.000000665. The van der Waals surface area contributed by atoms with Crippen LogP contribution in [0.2, 0.25) is 0 Å². The summed E-state index contributed by atoms with van der Waals surface area (Å²) in [4.78, 5) is 19.5. The van der Waals surface area contributed by atoms with Gasteiger partial charge in [0.2, 0.25) is 0 Å². The van der Waals surface area contributed by atoms with E-state index in [0.29, 0.717) is 0 Å². The molecule has 0 amide bonds. The summed E-state index contributed by atoms with van der Waals surface area (Å²) in [6, 6.07) is 3.50. The summed E-state index contributed by atoms with van der Waals surface area (Å²) < 4.78 is 38.5. The first-order valence-corrected chi connectivity index (χ1v) is 8.08. The number of nitrogens with two attached hydrogens (primary N) is 2. The predicted octanol–water partition coefficient (Wildman–Crippen LogP) is 0.357. The SMILES string of the molecule is CC(C)(C)C(N)(CO)c1ccc(N)c(C(F)(F)F)c1.O=C(O)C(O)C(O)C(=O)O. The first-order chi connectivity index (χ1) is 12.9. The Kier molecular flexibility index (Phi) is 8.61. The molecule has 3 atom stereocenters. The Hall–Kier alpha value is -2.41. The second-order valence-corrected chi connectivity index (χ2v) is 7.25. The highest BCUT2D eigenvalue weighted by atomic mass is 19.4. The number of aliphatic carboxylic acids is 2. The number of carbonyl (C=O) groups is 2. The van der Waals surface area contributed by atoms with Crippen LogP contribution in [0.5, 0.6) is 0 Å². The minimum Gasteiger partial charge on any atom is -0.479 e. The van der Waals surface area contributed by atoms with E-state index in [1.807, 2.05) is 0 Å². The fraction of sp³-hybridized carbons (Fsp3) is 0.529. The molecule has 29 heavy (non-hydrogen) atoms. The summed E-state index contributed by atoms with van der Waals surface area (Å²) in [7, 11) is 0. The van der Waals surface area contributed by atoms with E-state index in [-0.39, 0.29) is 11.3 Å². The number of alkyl halides is 3. The van der Waals surface area contributed by atoms with Gasteiger partial charge in [-0.3, -0.25) is 0 Å². The van der Waals surface area contributed by atoms with Crippen LogP contribution in [0.1, 0.15) is 31.9 Å². The van der Waals surface area contributed by atoms with Gasteiger partial charge in [-0.05, 0) is 23.1 Å². The molecule has 0 aliphatic rings. The van der Waals surface area contributed by atoms with Crippen LogP contribution in [0.15, 0.2) is 18.2 Å². The average Bonchev–Trinajstić information content (AvgIpc) is 2.58. The Morgan fingerprint density at radius 1 is 1.03 bits per heavy atom. The molecule has 0 saturated heterocycles. The molecular formula is C17H25F3N2O7. The lowest BCUT2D eigenvalue weighted by Gasteiger charge is -2.41. The summed E-state index contributed by atoms with van der Waals surface area (Å²) in [6.07, 6.45) is -9.08. The lowest BCUT2D eigenvalue weighted by molar-refractivity contribution is -0.165. The molecule has 0 aromatic heterocycles. The van der Waals surface area contributed by atoms with Gasteiger partial charge in [-0.25, -0.2) is 9.59 Å². The molecule has 1 aromatic carbocycles. The van der Waals surface area contributed by atoms with E-state index in [4.69, 9.17) is 31.9 Å². The van der Waals surface area contributed by atoms with Gasteiger partial charge < -0.3 is 37.0 Å². The minimum absolute atomic E-state index is 0.212. The van der Waals surface area contributed by atoms with E-state index in [2.05, 4.69) is 0 Å². The fourth-order valence-electron chi connectivity index (χ4n) is 2.11. The van der Waals surface area contributed by atoms with Crippen molar-refractivity contribution in [2.75, 3.05) is 12.3 Å². The molecule has 166 valence electrons. The van der Waals surface area contributed by atoms with Crippen LogP contribution in [0.25, 0.3) is 0 Å². The van der Waals surface area contributed by atoms with Crippen LogP contribution in [0, 0.1) is 5.41 Å². The number of aliphatic hydroxyl groups is 3. The number of benzene rings is 1. The molecule has 12 heteroatoms. The van der Waals surface area contributed by atoms with E-state index < -0.39 is 53.4 Å². The Bertz CT molecular complexity index is 717. The van der Waals surface area contributed by atoms with Crippen LogP contribution < -0.4 is 11.5 Å². The highest BCUT2D eigenvalue weighted by Gasteiger charge is 2.41. The monoisotopic (exact) mass is 426 g/mol. The predicted molar refractivity (Wildman–Crippen MR) is 95.5 cm³/mol. The van der Waals surface area contributed by atoms with E-state index in [1.54, 1.807) is 20.8 Å². The van der Waals surface area contributed by atoms with E-state index >= 15 is 0 Å². The van der Waals surface area contributed by atoms with E-state index in [9.17, 15) is 27.9 Å². The van der Waals surface area contributed by atoms with Crippen molar-refractivity contribution in [1.29, 1.82) is 0 Å². The van der Waals surface area contributed by atoms with Crippen LogP contribution >= 0.6 is 0 Å². The van der Waals surface area contributed by atoms with Crippen LogP contribution in [-0.4, -0.2) is 56.3 Å². The molecule has 1 rings (SSSR count). The number of carboxylic acid groups (broad SMARTS) is 2. The summed E-state index contributed by atoms with van der Waals surface area (Å²) in [5.41, 5.74) is 8.48. The lowest BCUT2D eigenvalue weighted by atomic mass is 9.70. The molecule has 9 N–H and O–H groups in total. The van der Waals surface area contributed by atoms with Crippen LogP contribution in [0.4, 0.5) is 18.9 Å². The van der Waals surface area contributed by atoms with E-state index in [1.165, 1.54) is 12.1 Å². The molecule has 1 aromatic rings. The maximum atomic E-state index is 12.8. The molecule has 0 bridgehead atoms. The highest BCUT2D eigenvalue weighted by molar-refractivity contribution is 5.83. The van der Waals surface area contributed by atoms with Gasteiger partial charge in [0.05, 0.1) is 17.7 Å². The molecule has 9 nitrogen and oxygen atoms in total. The van der Waals surface area contributed by atoms with Crippen molar-refractivity contribution < 1.29 is 48.3 Å². The number of rotatable bonds is 5. The number of halogens is 3. The third-order valence-electron chi connectivity index (χ3n) is 4.27. The number of aliphatic hydroxyl groups excluding tert-OH is 3. The van der Waals surface area contributed by atoms with Gasteiger partial charge >= 0.3 is 18.1 Å². The largest absolute Gasteiger partial charge is 0.479 e. The first-order valence-electron chi connectivity index (χ1n) is 8.08. The highest BCUT2D eigenvalue weighted by Crippen LogP contribution is 2.40. The average molecular weight is 426 g/mol. The van der Waals surface area contributed by atoms with Crippen LogP contribution in [-0.2, 0) is 21.3 Å². The van der Waals surface area contributed by atoms with Crippen LogP contribution in [0.3, 0.4) is 0 Å². The van der Waals surface area contributed by atoms with Gasteiger partial charge in [-0.15, -0.1) is 0 Å². The Morgan fingerprint density at radius 2 is 1.45 bits per heavy atom. The van der Waals surface area contributed by atoms with Gasteiger partial charge in [0, 0.05) is 5.69 Å². The standard InChI is InChI=1S/C13H19F3N2O.C4H6O6/c1-11(2,3)12(18,7-19)8-4-5-10(17)9(6-8)13(14,15)16;5-1(3(7)8)2(6)4(9)10/h4-6,19H,7,17-18H2,1-3H3;1-2,5-6H,(H,7,8)(H,9,10). The van der Waals surface area contributed by atoms with Gasteiger partial charge in [-0.1, -0.05) is 26.8 Å². The summed E-state index contributed by atoms with van der Waals surface area (Å²) in [6.45, 7) is 4.81. The minimum atomic E-state index is -4.55. The number of carboxylic acids is 2. The number of nitrogen functional groups attached to an aromatic ring is 1. The Labute approximate surface area is 164 Å². The number of hydrogen-bond acceptors (Lipinski definition) is 7. The number of hydrogen-bond donors (Lipinski definition) is 7. The maximum absolute atomic E-state index is 12.8. The zero-order chi connectivity index (χ0) is 23.4. The van der Waals surface area contributed by atoms with Gasteiger partial charge in [0.1, 0.15) is 0 Å². The zero-order valence-corrected chi connectivity index (χ0v) is 15.9. The molecule has 3 unspecified atom stereocenters. The van der Waals surface area contributed by atoms with Crippen molar-refractivity contribution in [2.24, 2.45) is 11.1 Å². The molecule has 0 radical (unpaired) electrons. The van der Waals surface area contributed by atoms with Gasteiger partial charge in [0.25, 0.3) is 0 Å². The third-order valence-corrected chi connectivity index (χ3v) is 4.27.